The van der Waals surface area contributed by atoms with Crippen molar-refractivity contribution < 1.29 is 9.53 Å². The molecular formula is C14H16N4O2. The van der Waals surface area contributed by atoms with Crippen molar-refractivity contribution in [1.29, 1.82) is 0 Å². The minimum atomic E-state index is -0.325. The van der Waals surface area contributed by atoms with Crippen molar-refractivity contribution in [1.82, 2.24) is 19.9 Å². The molecule has 0 spiro atoms. The van der Waals surface area contributed by atoms with E-state index in [0.29, 0.717) is 19.6 Å². The predicted octanol–water partition coefficient (Wildman–Crippen LogP) is 0.835. The van der Waals surface area contributed by atoms with Gasteiger partial charge in [-0.25, -0.2) is 4.68 Å². The van der Waals surface area contributed by atoms with E-state index in [1.54, 1.807) is 10.9 Å². The van der Waals surface area contributed by atoms with Gasteiger partial charge in [-0.15, -0.1) is 5.10 Å². The Morgan fingerprint density at radius 2 is 2.20 bits per heavy atom. The summed E-state index contributed by atoms with van der Waals surface area (Å²) in [5.74, 6) is -0.234. The lowest BCUT2D eigenvalue weighted by Crippen LogP contribution is -2.47. The molecule has 104 valence electrons. The Balaban J connectivity index is 1.84. The van der Waals surface area contributed by atoms with E-state index in [0.717, 1.165) is 5.69 Å². The van der Waals surface area contributed by atoms with Crippen LogP contribution in [-0.2, 0) is 29.2 Å². The third-order valence-corrected chi connectivity index (χ3v) is 3.55. The quantitative estimate of drug-likeness (QED) is 0.775. The average molecular weight is 272 g/mol. The molecule has 1 aliphatic rings. The molecule has 20 heavy (non-hydrogen) atoms. The molecule has 0 aliphatic carbocycles. The van der Waals surface area contributed by atoms with Crippen molar-refractivity contribution in [2.45, 2.75) is 25.7 Å². The number of rotatable bonds is 3. The highest BCUT2D eigenvalue weighted by Crippen LogP contribution is 2.19. The second-order valence-electron chi connectivity index (χ2n) is 4.84. The fourth-order valence-electron chi connectivity index (χ4n) is 2.50. The Hall–Kier alpha value is -2.21. The van der Waals surface area contributed by atoms with Crippen molar-refractivity contribution in [2.24, 2.45) is 0 Å². The summed E-state index contributed by atoms with van der Waals surface area (Å²) in [5, 5.41) is 7.90. The minimum Gasteiger partial charge on any atom is -0.468 e. The van der Waals surface area contributed by atoms with Crippen molar-refractivity contribution in [3.05, 3.63) is 47.8 Å². The highest BCUT2D eigenvalue weighted by atomic mass is 16.5. The summed E-state index contributed by atoms with van der Waals surface area (Å²) in [5.41, 5.74) is 2.18. The predicted molar refractivity (Wildman–Crippen MR) is 71.5 cm³/mol. The van der Waals surface area contributed by atoms with Crippen LogP contribution in [0.4, 0.5) is 0 Å². The normalized spacial score (nSPS) is 18.6. The van der Waals surface area contributed by atoms with Crippen LogP contribution in [-0.4, -0.2) is 39.0 Å². The van der Waals surface area contributed by atoms with Gasteiger partial charge in [-0.3, -0.25) is 9.69 Å². The van der Waals surface area contributed by atoms with E-state index < -0.39 is 0 Å². The molecule has 1 aromatic heterocycles. The smallest absolute Gasteiger partial charge is 0.325 e. The van der Waals surface area contributed by atoms with Crippen LogP contribution in [0.15, 0.2) is 36.5 Å². The molecule has 0 saturated carbocycles. The van der Waals surface area contributed by atoms with Crippen molar-refractivity contribution >= 4 is 5.97 Å². The van der Waals surface area contributed by atoms with Crippen LogP contribution >= 0.6 is 0 Å². The van der Waals surface area contributed by atoms with Crippen LogP contribution in [0.1, 0.15) is 11.3 Å². The van der Waals surface area contributed by atoms with E-state index in [1.165, 1.54) is 12.7 Å². The molecule has 3 rings (SSSR count). The zero-order valence-electron chi connectivity index (χ0n) is 11.3. The maximum absolute atomic E-state index is 12.0. The number of esters is 1. The monoisotopic (exact) mass is 272 g/mol. The van der Waals surface area contributed by atoms with Crippen LogP contribution in [0.5, 0.6) is 0 Å². The number of benzene rings is 1. The first-order valence-corrected chi connectivity index (χ1v) is 6.51. The standard InChI is InChI=1S/C14H16N4O2/c1-20-14(19)13-10-18-12(7-15-16-18)9-17(13)8-11-5-3-2-4-6-11/h2-7,13H,8-10H2,1H3/t13-/m0/s1. The summed E-state index contributed by atoms with van der Waals surface area (Å²) in [4.78, 5) is 14.1. The van der Waals surface area contributed by atoms with E-state index in [9.17, 15) is 4.79 Å². The Bertz CT molecular complexity index is 596. The average Bonchev–Trinajstić information content (AvgIpc) is 2.94. The molecule has 6 heteroatoms. The molecule has 0 radical (unpaired) electrons. The molecule has 2 heterocycles. The van der Waals surface area contributed by atoms with Crippen molar-refractivity contribution in [3.63, 3.8) is 0 Å². The first kappa shape index (κ1) is 12.8. The second-order valence-corrected chi connectivity index (χ2v) is 4.84. The Labute approximate surface area is 117 Å². The SMILES string of the molecule is COC(=O)[C@@H]1Cn2nncc2CN1Cc1ccccc1. The molecule has 0 unspecified atom stereocenters. The van der Waals surface area contributed by atoms with Gasteiger partial charge in [0.1, 0.15) is 6.04 Å². The highest BCUT2D eigenvalue weighted by Gasteiger charge is 2.33. The molecule has 0 amide bonds. The molecule has 1 aromatic carbocycles. The highest BCUT2D eigenvalue weighted by molar-refractivity contribution is 5.75. The molecule has 1 atom stereocenters. The summed E-state index contributed by atoms with van der Waals surface area (Å²) in [6.07, 6.45) is 1.74. The summed E-state index contributed by atoms with van der Waals surface area (Å²) in [7, 11) is 1.42. The molecule has 1 aliphatic heterocycles. The van der Waals surface area contributed by atoms with E-state index in [1.807, 2.05) is 18.2 Å². The van der Waals surface area contributed by atoms with Gasteiger partial charge in [0.2, 0.25) is 0 Å². The second kappa shape index (κ2) is 5.42. The lowest BCUT2D eigenvalue weighted by molar-refractivity contribution is -0.149. The number of fused-ring (bicyclic) bond motifs is 1. The van der Waals surface area contributed by atoms with E-state index in [4.69, 9.17) is 4.74 Å². The minimum absolute atomic E-state index is 0.234. The van der Waals surface area contributed by atoms with Gasteiger partial charge < -0.3 is 4.74 Å². The van der Waals surface area contributed by atoms with Crippen molar-refractivity contribution in [2.75, 3.05) is 7.11 Å². The Morgan fingerprint density at radius 3 is 2.95 bits per heavy atom. The third-order valence-electron chi connectivity index (χ3n) is 3.55. The number of aromatic nitrogens is 3. The van der Waals surface area contributed by atoms with Crippen LogP contribution < -0.4 is 0 Å². The number of ether oxygens (including phenoxy) is 1. The molecule has 2 aromatic rings. The number of hydrogen-bond acceptors (Lipinski definition) is 5. The summed E-state index contributed by atoms with van der Waals surface area (Å²) >= 11 is 0. The number of methoxy groups -OCH3 is 1. The fraction of sp³-hybridized carbons (Fsp3) is 0.357. The van der Waals surface area contributed by atoms with Gasteiger partial charge >= 0.3 is 5.97 Å². The molecule has 0 saturated heterocycles. The van der Waals surface area contributed by atoms with Crippen LogP contribution in [0.25, 0.3) is 0 Å². The van der Waals surface area contributed by atoms with Crippen LogP contribution in [0.2, 0.25) is 0 Å². The maximum Gasteiger partial charge on any atom is 0.325 e. The molecular weight excluding hydrogens is 256 g/mol. The van der Waals surface area contributed by atoms with E-state index >= 15 is 0 Å². The van der Waals surface area contributed by atoms with Gasteiger partial charge in [-0.2, -0.15) is 0 Å². The largest absolute Gasteiger partial charge is 0.468 e. The fourth-order valence-corrected chi connectivity index (χ4v) is 2.50. The van der Waals surface area contributed by atoms with Gasteiger partial charge in [0, 0.05) is 13.1 Å². The third kappa shape index (κ3) is 2.42. The van der Waals surface area contributed by atoms with Gasteiger partial charge in [0.25, 0.3) is 0 Å². The maximum atomic E-state index is 12.0. The topological polar surface area (TPSA) is 60.3 Å². The summed E-state index contributed by atoms with van der Waals surface area (Å²) in [6.45, 7) is 1.82. The Morgan fingerprint density at radius 1 is 1.40 bits per heavy atom. The molecule has 0 bridgehead atoms. The van der Waals surface area contributed by atoms with Gasteiger partial charge in [-0.05, 0) is 5.56 Å². The van der Waals surface area contributed by atoms with Crippen LogP contribution in [0.3, 0.4) is 0 Å². The first-order valence-electron chi connectivity index (χ1n) is 6.51. The molecule has 0 N–H and O–H groups in total. The zero-order chi connectivity index (χ0) is 13.9. The zero-order valence-corrected chi connectivity index (χ0v) is 11.3. The van der Waals surface area contributed by atoms with Crippen molar-refractivity contribution in [3.8, 4) is 0 Å². The molecule has 6 nitrogen and oxygen atoms in total. The summed E-state index contributed by atoms with van der Waals surface area (Å²) in [6, 6.07) is 9.76. The number of carbonyl (C=O) groups excluding carboxylic acids is 1. The lowest BCUT2D eigenvalue weighted by Gasteiger charge is -2.33. The Kier molecular flexibility index (Phi) is 3.47. The van der Waals surface area contributed by atoms with Gasteiger partial charge in [0.05, 0.1) is 25.5 Å². The van der Waals surface area contributed by atoms with E-state index in [2.05, 4.69) is 27.3 Å². The lowest BCUT2D eigenvalue weighted by atomic mass is 10.1. The molecule has 0 fully saturated rings. The van der Waals surface area contributed by atoms with E-state index in [-0.39, 0.29) is 12.0 Å². The summed E-state index contributed by atoms with van der Waals surface area (Å²) < 4.78 is 6.67. The van der Waals surface area contributed by atoms with Gasteiger partial charge in [0.15, 0.2) is 0 Å². The van der Waals surface area contributed by atoms with Crippen LogP contribution in [0, 0.1) is 0 Å². The number of carbonyl (C=O) groups is 1. The van der Waals surface area contributed by atoms with Gasteiger partial charge in [-0.1, -0.05) is 35.5 Å². The number of hydrogen-bond donors (Lipinski definition) is 0. The number of nitrogens with zero attached hydrogens (tertiary/aromatic N) is 4. The first-order chi connectivity index (χ1) is 9.78.